The Bertz CT molecular complexity index is 816. The fourth-order valence-corrected chi connectivity index (χ4v) is 2.33. The van der Waals surface area contributed by atoms with Crippen LogP contribution in [-0.4, -0.2) is 14.2 Å². The Morgan fingerprint density at radius 2 is 2.10 bits per heavy atom. The van der Waals surface area contributed by atoms with Gasteiger partial charge in [0.25, 0.3) is 5.56 Å². The molecule has 0 spiro atoms. The molecule has 3 aromatic rings. The van der Waals surface area contributed by atoms with E-state index in [9.17, 15) is 4.79 Å². The Kier molecular flexibility index (Phi) is 3.12. The van der Waals surface area contributed by atoms with Gasteiger partial charge in [-0.15, -0.1) is 0 Å². The molecule has 0 aliphatic carbocycles. The van der Waals surface area contributed by atoms with Crippen LogP contribution >= 0.6 is 0 Å². The molecule has 102 valence electrons. The SMILES string of the molecule is Cc1cc(CN)ccc1Cn1ccn2nccc2c1=O. The molecule has 0 radical (unpaired) electrons. The second-order valence-corrected chi connectivity index (χ2v) is 4.86. The molecule has 5 nitrogen and oxygen atoms in total. The van der Waals surface area contributed by atoms with Gasteiger partial charge in [-0.25, -0.2) is 4.52 Å². The number of aromatic nitrogens is 3. The zero-order valence-corrected chi connectivity index (χ0v) is 11.3. The summed E-state index contributed by atoms with van der Waals surface area (Å²) in [6, 6.07) is 7.83. The van der Waals surface area contributed by atoms with Crippen LogP contribution in [0, 0.1) is 6.92 Å². The van der Waals surface area contributed by atoms with Gasteiger partial charge in [0, 0.05) is 18.9 Å². The highest BCUT2D eigenvalue weighted by molar-refractivity contribution is 5.42. The third-order valence-electron chi connectivity index (χ3n) is 3.52. The van der Waals surface area contributed by atoms with Gasteiger partial charge in [0.2, 0.25) is 0 Å². The lowest BCUT2D eigenvalue weighted by Crippen LogP contribution is -2.22. The van der Waals surface area contributed by atoms with Crippen molar-refractivity contribution < 1.29 is 0 Å². The maximum Gasteiger partial charge on any atom is 0.276 e. The van der Waals surface area contributed by atoms with Crippen molar-refractivity contribution in [3.63, 3.8) is 0 Å². The molecule has 0 aliphatic rings. The maximum absolute atomic E-state index is 12.3. The average molecular weight is 268 g/mol. The van der Waals surface area contributed by atoms with E-state index in [-0.39, 0.29) is 5.56 Å². The molecule has 1 aromatic carbocycles. The van der Waals surface area contributed by atoms with Crippen LogP contribution in [0.5, 0.6) is 0 Å². The van der Waals surface area contributed by atoms with Crippen molar-refractivity contribution in [2.75, 3.05) is 0 Å². The average Bonchev–Trinajstić information content (AvgIpc) is 2.93. The van der Waals surface area contributed by atoms with Crippen molar-refractivity contribution in [3.05, 3.63) is 69.9 Å². The van der Waals surface area contributed by atoms with Crippen molar-refractivity contribution in [3.8, 4) is 0 Å². The molecule has 0 saturated heterocycles. The Labute approximate surface area is 116 Å². The van der Waals surface area contributed by atoms with Crippen LogP contribution in [0.25, 0.3) is 5.52 Å². The van der Waals surface area contributed by atoms with Gasteiger partial charge in [-0.2, -0.15) is 5.10 Å². The van der Waals surface area contributed by atoms with Crippen LogP contribution in [0.2, 0.25) is 0 Å². The van der Waals surface area contributed by atoms with Crippen LogP contribution < -0.4 is 11.3 Å². The van der Waals surface area contributed by atoms with E-state index < -0.39 is 0 Å². The van der Waals surface area contributed by atoms with Gasteiger partial charge < -0.3 is 10.3 Å². The van der Waals surface area contributed by atoms with Gasteiger partial charge in [0.15, 0.2) is 0 Å². The molecule has 0 unspecified atom stereocenters. The Morgan fingerprint density at radius 3 is 2.85 bits per heavy atom. The molecule has 3 rings (SSSR count). The molecule has 2 N–H and O–H groups in total. The van der Waals surface area contributed by atoms with Crippen LogP contribution in [0.3, 0.4) is 0 Å². The molecular formula is C15H16N4O. The van der Waals surface area contributed by atoms with Gasteiger partial charge in [-0.05, 0) is 29.7 Å². The van der Waals surface area contributed by atoms with Crippen LogP contribution in [0.1, 0.15) is 16.7 Å². The predicted molar refractivity (Wildman–Crippen MR) is 77.6 cm³/mol. The lowest BCUT2D eigenvalue weighted by molar-refractivity contribution is 0.739. The Morgan fingerprint density at radius 1 is 1.25 bits per heavy atom. The minimum atomic E-state index is -0.0349. The molecule has 0 saturated carbocycles. The summed E-state index contributed by atoms with van der Waals surface area (Å²) in [6.45, 7) is 3.12. The van der Waals surface area contributed by atoms with E-state index in [2.05, 4.69) is 11.2 Å². The number of benzene rings is 1. The number of hydrogen-bond donors (Lipinski definition) is 1. The number of fused-ring (bicyclic) bond motifs is 1. The maximum atomic E-state index is 12.3. The molecule has 0 fully saturated rings. The standard InChI is InChI=1S/C15H16N4O/c1-11-8-12(9-16)2-3-13(11)10-18-6-7-19-14(15(18)20)4-5-17-19/h2-8H,9-10,16H2,1H3. The Hall–Kier alpha value is -2.40. The van der Waals surface area contributed by atoms with Crippen LogP contribution in [0.15, 0.2) is 47.7 Å². The number of hydrogen-bond acceptors (Lipinski definition) is 3. The summed E-state index contributed by atoms with van der Waals surface area (Å²) in [6.07, 6.45) is 5.18. The molecule has 2 heterocycles. The summed E-state index contributed by atoms with van der Waals surface area (Å²) in [4.78, 5) is 12.3. The molecule has 0 bridgehead atoms. The molecule has 0 aliphatic heterocycles. The van der Waals surface area contributed by atoms with E-state index in [0.717, 1.165) is 16.7 Å². The number of aryl methyl sites for hydroxylation is 1. The minimum absolute atomic E-state index is 0.0349. The number of nitrogens with two attached hydrogens (primary N) is 1. The van der Waals surface area contributed by atoms with Crippen molar-refractivity contribution >= 4 is 5.52 Å². The molecule has 5 heteroatoms. The quantitative estimate of drug-likeness (QED) is 0.779. The van der Waals surface area contributed by atoms with E-state index in [1.807, 2.05) is 19.1 Å². The van der Waals surface area contributed by atoms with Crippen LogP contribution in [-0.2, 0) is 13.1 Å². The van der Waals surface area contributed by atoms with E-state index in [0.29, 0.717) is 18.6 Å². The van der Waals surface area contributed by atoms with Gasteiger partial charge in [0.1, 0.15) is 5.52 Å². The fourth-order valence-electron chi connectivity index (χ4n) is 2.33. The van der Waals surface area contributed by atoms with Gasteiger partial charge in [0.05, 0.1) is 12.7 Å². The first-order valence-corrected chi connectivity index (χ1v) is 6.50. The fraction of sp³-hybridized carbons (Fsp3) is 0.200. The van der Waals surface area contributed by atoms with E-state index >= 15 is 0 Å². The zero-order chi connectivity index (χ0) is 14.1. The first-order valence-electron chi connectivity index (χ1n) is 6.50. The molecular weight excluding hydrogens is 252 g/mol. The number of nitrogens with zero attached hydrogens (tertiary/aromatic N) is 3. The lowest BCUT2D eigenvalue weighted by Gasteiger charge is -2.10. The summed E-state index contributed by atoms with van der Waals surface area (Å²) >= 11 is 0. The van der Waals surface area contributed by atoms with Crippen LogP contribution in [0.4, 0.5) is 0 Å². The molecule has 20 heavy (non-hydrogen) atoms. The zero-order valence-electron chi connectivity index (χ0n) is 11.3. The Balaban J connectivity index is 2.01. The van der Waals surface area contributed by atoms with Crippen molar-refractivity contribution in [1.29, 1.82) is 0 Å². The largest absolute Gasteiger partial charge is 0.326 e. The first kappa shape index (κ1) is 12.6. The van der Waals surface area contributed by atoms with Crippen molar-refractivity contribution in [1.82, 2.24) is 14.2 Å². The van der Waals surface area contributed by atoms with E-state index in [4.69, 9.17) is 5.73 Å². The first-order chi connectivity index (χ1) is 9.69. The predicted octanol–water partition coefficient (Wildman–Crippen LogP) is 1.31. The highest BCUT2D eigenvalue weighted by Crippen LogP contribution is 2.12. The third-order valence-corrected chi connectivity index (χ3v) is 3.52. The summed E-state index contributed by atoms with van der Waals surface area (Å²) < 4.78 is 3.28. The van der Waals surface area contributed by atoms with E-state index in [1.165, 1.54) is 0 Å². The van der Waals surface area contributed by atoms with Crippen molar-refractivity contribution in [2.24, 2.45) is 5.73 Å². The second kappa shape index (κ2) is 4.94. The minimum Gasteiger partial charge on any atom is -0.326 e. The van der Waals surface area contributed by atoms with E-state index in [1.54, 1.807) is 33.7 Å². The second-order valence-electron chi connectivity index (χ2n) is 4.86. The topological polar surface area (TPSA) is 65.3 Å². The monoisotopic (exact) mass is 268 g/mol. The summed E-state index contributed by atoms with van der Waals surface area (Å²) in [5, 5.41) is 4.06. The van der Waals surface area contributed by atoms with Gasteiger partial charge in [-0.1, -0.05) is 18.2 Å². The summed E-state index contributed by atoms with van der Waals surface area (Å²) in [5.41, 5.74) is 9.55. The lowest BCUT2D eigenvalue weighted by atomic mass is 10.1. The summed E-state index contributed by atoms with van der Waals surface area (Å²) in [5.74, 6) is 0. The molecule has 0 atom stereocenters. The smallest absolute Gasteiger partial charge is 0.276 e. The highest BCUT2D eigenvalue weighted by Gasteiger charge is 2.06. The normalized spacial score (nSPS) is 11.1. The molecule has 0 amide bonds. The third kappa shape index (κ3) is 2.12. The van der Waals surface area contributed by atoms with Gasteiger partial charge >= 0.3 is 0 Å². The molecule has 2 aromatic heterocycles. The van der Waals surface area contributed by atoms with Crippen molar-refractivity contribution in [2.45, 2.75) is 20.0 Å². The highest BCUT2D eigenvalue weighted by atomic mass is 16.1. The number of rotatable bonds is 3. The summed E-state index contributed by atoms with van der Waals surface area (Å²) in [7, 11) is 0. The van der Waals surface area contributed by atoms with Gasteiger partial charge in [-0.3, -0.25) is 4.79 Å².